The summed E-state index contributed by atoms with van der Waals surface area (Å²) in [6, 6.07) is 21.8. The second-order valence-corrected chi connectivity index (χ2v) is 11.8. The van der Waals surface area contributed by atoms with Crippen LogP contribution in [0, 0.1) is 13.8 Å². The molecule has 0 radical (unpaired) electrons. The van der Waals surface area contributed by atoms with Crippen molar-refractivity contribution in [1.29, 1.82) is 0 Å². The van der Waals surface area contributed by atoms with Gasteiger partial charge in [-0.05, 0) is 81.4 Å². The Labute approximate surface area is 243 Å². The highest BCUT2D eigenvalue weighted by molar-refractivity contribution is 7.92. The van der Waals surface area contributed by atoms with E-state index in [1.807, 2.05) is 60.9 Å². The van der Waals surface area contributed by atoms with Gasteiger partial charge in [0, 0.05) is 22.0 Å². The molecule has 0 aliphatic carbocycles. The number of hydrogen-bond acceptors (Lipinski definition) is 5. The standard InChI is InChI=1S/C29H28Cl2N4O4S/c1-19-16-22(20(2)34(19)28-15-10-23(30)17-27(28)31)18-32-33-29(36)21(3)35(40(4,37)38)24-11-13-26(14-12-24)39-25-8-6-5-7-9-25/h5-18,21H,1-4H3,(H,33,36)/b32-18-/t21-/m0/s1. The smallest absolute Gasteiger partial charge is 0.263 e. The first kappa shape index (κ1) is 29.2. The predicted molar refractivity (Wildman–Crippen MR) is 161 cm³/mol. The summed E-state index contributed by atoms with van der Waals surface area (Å²) in [7, 11) is -3.80. The number of aromatic nitrogens is 1. The lowest BCUT2D eigenvalue weighted by atomic mass is 10.2. The molecule has 4 rings (SSSR count). The number of ether oxygens (including phenoxy) is 1. The number of anilines is 1. The van der Waals surface area contributed by atoms with E-state index in [0.717, 1.165) is 33.2 Å². The van der Waals surface area contributed by atoms with Crippen molar-refractivity contribution < 1.29 is 17.9 Å². The van der Waals surface area contributed by atoms with E-state index >= 15 is 0 Å². The average Bonchev–Trinajstić information content (AvgIpc) is 3.17. The number of amides is 1. The number of hydrogen-bond donors (Lipinski definition) is 1. The molecular formula is C29H28Cl2N4O4S. The number of nitrogens with zero attached hydrogens (tertiary/aromatic N) is 3. The summed E-state index contributed by atoms with van der Waals surface area (Å²) in [5.41, 5.74) is 6.06. The Kier molecular flexibility index (Phi) is 8.88. The molecule has 1 N–H and O–H groups in total. The largest absolute Gasteiger partial charge is 0.457 e. The van der Waals surface area contributed by atoms with Crippen LogP contribution in [-0.4, -0.2) is 37.4 Å². The summed E-state index contributed by atoms with van der Waals surface area (Å²) in [5, 5.41) is 5.13. The molecule has 1 atom stereocenters. The van der Waals surface area contributed by atoms with Crippen LogP contribution < -0.4 is 14.5 Å². The Balaban J connectivity index is 1.49. The second-order valence-electron chi connectivity index (χ2n) is 9.14. The van der Waals surface area contributed by atoms with Gasteiger partial charge < -0.3 is 9.30 Å². The maximum absolute atomic E-state index is 13.0. The van der Waals surface area contributed by atoms with Crippen molar-refractivity contribution >= 4 is 51.0 Å². The van der Waals surface area contributed by atoms with Gasteiger partial charge >= 0.3 is 0 Å². The quantitative estimate of drug-likeness (QED) is 0.176. The Bertz CT molecular complexity index is 1650. The number of para-hydroxylation sites is 1. The topological polar surface area (TPSA) is 93.0 Å². The molecule has 11 heteroatoms. The van der Waals surface area contributed by atoms with Gasteiger partial charge in [-0.3, -0.25) is 9.10 Å². The van der Waals surface area contributed by atoms with E-state index in [-0.39, 0.29) is 0 Å². The van der Waals surface area contributed by atoms with Gasteiger partial charge in [0.15, 0.2) is 0 Å². The molecule has 4 aromatic rings. The van der Waals surface area contributed by atoms with Crippen LogP contribution in [0.15, 0.2) is 84.0 Å². The fourth-order valence-corrected chi connectivity index (χ4v) is 5.97. The predicted octanol–water partition coefficient (Wildman–Crippen LogP) is 6.50. The molecule has 8 nitrogen and oxygen atoms in total. The van der Waals surface area contributed by atoms with Gasteiger partial charge in [-0.2, -0.15) is 5.10 Å². The number of carbonyl (C=O) groups is 1. The number of benzene rings is 3. The van der Waals surface area contributed by atoms with Crippen LogP contribution in [0.4, 0.5) is 5.69 Å². The summed E-state index contributed by atoms with van der Waals surface area (Å²) in [4.78, 5) is 13.0. The number of sulfonamides is 1. The molecule has 0 saturated heterocycles. The summed E-state index contributed by atoms with van der Waals surface area (Å²) >= 11 is 12.4. The molecule has 0 bridgehead atoms. The molecule has 1 amide bonds. The van der Waals surface area contributed by atoms with E-state index in [1.165, 1.54) is 13.1 Å². The highest BCUT2D eigenvalue weighted by atomic mass is 35.5. The van der Waals surface area contributed by atoms with Crippen molar-refractivity contribution in [2.45, 2.75) is 26.8 Å². The fraction of sp³-hybridized carbons (Fsp3) is 0.172. The first-order valence-corrected chi connectivity index (χ1v) is 14.9. The van der Waals surface area contributed by atoms with Crippen molar-refractivity contribution in [1.82, 2.24) is 9.99 Å². The third-order valence-corrected chi connectivity index (χ3v) is 7.94. The summed E-state index contributed by atoms with van der Waals surface area (Å²) in [6.07, 6.45) is 2.55. The molecule has 3 aromatic carbocycles. The SMILES string of the molecule is Cc1cc(/C=N\NC(=O)[C@H](C)N(c2ccc(Oc3ccccc3)cc2)S(C)(=O)=O)c(C)n1-c1ccc(Cl)cc1Cl. The third-order valence-electron chi connectivity index (χ3n) is 6.16. The number of halogens is 2. The molecule has 0 spiro atoms. The minimum absolute atomic E-state index is 0.318. The average molecular weight is 600 g/mol. The monoisotopic (exact) mass is 598 g/mol. The molecule has 0 unspecified atom stereocenters. The first-order valence-electron chi connectivity index (χ1n) is 12.3. The van der Waals surface area contributed by atoms with Crippen molar-refractivity contribution in [2.75, 3.05) is 10.6 Å². The number of aryl methyl sites for hydroxylation is 1. The van der Waals surface area contributed by atoms with Gasteiger partial charge in [0.1, 0.15) is 17.5 Å². The van der Waals surface area contributed by atoms with Crippen molar-refractivity contribution in [3.8, 4) is 17.2 Å². The van der Waals surface area contributed by atoms with Gasteiger partial charge in [-0.15, -0.1) is 0 Å². The minimum atomic E-state index is -3.80. The van der Waals surface area contributed by atoms with Crippen molar-refractivity contribution in [3.63, 3.8) is 0 Å². The normalized spacial score (nSPS) is 12.3. The molecule has 1 aromatic heterocycles. The van der Waals surface area contributed by atoms with Gasteiger partial charge in [0.2, 0.25) is 10.0 Å². The zero-order valence-corrected chi connectivity index (χ0v) is 24.6. The van der Waals surface area contributed by atoms with Gasteiger partial charge in [-0.1, -0.05) is 41.4 Å². The Morgan fingerprint density at radius 2 is 1.65 bits per heavy atom. The highest BCUT2D eigenvalue weighted by Crippen LogP contribution is 2.29. The second kappa shape index (κ2) is 12.2. The number of hydrazone groups is 1. The molecule has 1 heterocycles. The molecule has 0 aliphatic rings. The van der Waals surface area contributed by atoms with Crippen LogP contribution >= 0.6 is 23.2 Å². The Morgan fingerprint density at radius 3 is 2.27 bits per heavy atom. The molecule has 0 aliphatic heterocycles. The van der Waals surface area contributed by atoms with E-state index in [4.69, 9.17) is 27.9 Å². The lowest BCUT2D eigenvalue weighted by Crippen LogP contribution is -2.46. The van der Waals surface area contributed by atoms with E-state index in [1.54, 1.807) is 36.4 Å². The molecule has 40 heavy (non-hydrogen) atoms. The van der Waals surface area contributed by atoms with E-state index in [0.29, 0.717) is 27.2 Å². The van der Waals surface area contributed by atoms with Crippen molar-refractivity contribution in [3.05, 3.63) is 106 Å². The van der Waals surface area contributed by atoms with Gasteiger partial charge in [-0.25, -0.2) is 13.8 Å². The molecule has 0 fully saturated rings. The summed E-state index contributed by atoms with van der Waals surface area (Å²) < 4.78 is 34.1. The van der Waals surface area contributed by atoms with Gasteiger partial charge in [0.25, 0.3) is 5.91 Å². The van der Waals surface area contributed by atoms with Crippen LogP contribution in [0.5, 0.6) is 11.5 Å². The maximum Gasteiger partial charge on any atom is 0.263 e. The highest BCUT2D eigenvalue weighted by Gasteiger charge is 2.29. The third kappa shape index (κ3) is 6.67. The van der Waals surface area contributed by atoms with E-state index in [2.05, 4.69) is 10.5 Å². The van der Waals surface area contributed by atoms with Gasteiger partial charge in [0.05, 0.1) is 28.9 Å². The maximum atomic E-state index is 13.0. The van der Waals surface area contributed by atoms with Crippen LogP contribution in [0.2, 0.25) is 10.0 Å². The lowest BCUT2D eigenvalue weighted by molar-refractivity contribution is -0.121. The van der Waals surface area contributed by atoms with E-state index in [9.17, 15) is 13.2 Å². The Hall–Kier alpha value is -3.79. The first-order chi connectivity index (χ1) is 19.0. The summed E-state index contributed by atoms with van der Waals surface area (Å²) in [6.45, 7) is 5.32. The number of rotatable bonds is 9. The molecule has 208 valence electrons. The van der Waals surface area contributed by atoms with Crippen LogP contribution in [0.25, 0.3) is 5.69 Å². The van der Waals surface area contributed by atoms with E-state index < -0.39 is 22.0 Å². The van der Waals surface area contributed by atoms with Crippen LogP contribution in [0.1, 0.15) is 23.9 Å². The number of carbonyl (C=O) groups excluding carboxylic acids is 1. The molecular weight excluding hydrogens is 571 g/mol. The molecule has 0 saturated carbocycles. The lowest BCUT2D eigenvalue weighted by Gasteiger charge is -2.27. The zero-order valence-electron chi connectivity index (χ0n) is 22.3. The zero-order chi connectivity index (χ0) is 29.0. The van der Waals surface area contributed by atoms with Crippen LogP contribution in [0.3, 0.4) is 0 Å². The summed E-state index contributed by atoms with van der Waals surface area (Å²) in [5.74, 6) is 0.585. The van der Waals surface area contributed by atoms with Crippen molar-refractivity contribution in [2.24, 2.45) is 5.10 Å². The van der Waals surface area contributed by atoms with Crippen LogP contribution in [-0.2, 0) is 14.8 Å². The Morgan fingerprint density at radius 1 is 1.00 bits per heavy atom. The number of nitrogens with one attached hydrogen (secondary N) is 1. The minimum Gasteiger partial charge on any atom is -0.457 e. The fourth-order valence-electron chi connectivity index (χ4n) is 4.31.